The first kappa shape index (κ1) is 12.2. The van der Waals surface area contributed by atoms with Crippen molar-refractivity contribution >= 4 is 12.4 Å². The number of carbonyl (C=O) groups is 2. The summed E-state index contributed by atoms with van der Waals surface area (Å²) in [6.45, 7) is 1.82. The summed E-state index contributed by atoms with van der Waals surface area (Å²) in [5.74, 6) is 1.56. The molecular formula is C15H17NO3. The number of amides is 1. The number of nitrogens with zero attached hydrogens (tertiary/aromatic N) is 1. The summed E-state index contributed by atoms with van der Waals surface area (Å²) in [6, 6.07) is 9.67. The molecule has 1 aliphatic carbocycles. The summed E-state index contributed by atoms with van der Waals surface area (Å²) in [5.41, 5.74) is 0.999. The van der Waals surface area contributed by atoms with Crippen molar-refractivity contribution in [2.45, 2.75) is 13.0 Å². The van der Waals surface area contributed by atoms with Crippen LogP contribution in [0.4, 0.5) is 4.79 Å². The van der Waals surface area contributed by atoms with E-state index in [2.05, 4.69) is 0 Å². The minimum absolute atomic E-state index is 0.235. The van der Waals surface area contributed by atoms with Crippen LogP contribution in [0, 0.1) is 17.8 Å². The standard InChI is InChI=1S/C15H17NO3/c17-7-6-12-13-8-16(9-14(12)13)15(18)19-10-11-4-2-1-3-5-11/h1-5,7,12-14H,6,8-10H2/t12-,13+,14-. The van der Waals surface area contributed by atoms with E-state index in [0.29, 0.717) is 30.8 Å². The molecule has 1 heterocycles. The number of benzene rings is 1. The number of aldehydes is 1. The molecule has 0 bridgehead atoms. The number of hydrogen-bond acceptors (Lipinski definition) is 3. The summed E-state index contributed by atoms with van der Waals surface area (Å²) in [7, 11) is 0. The summed E-state index contributed by atoms with van der Waals surface area (Å²) in [5, 5.41) is 0. The van der Waals surface area contributed by atoms with Crippen LogP contribution >= 0.6 is 0 Å². The van der Waals surface area contributed by atoms with Gasteiger partial charge in [-0.2, -0.15) is 0 Å². The molecule has 3 atom stereocenters. The zero-order valence-electron chi connectivity index (χ0n) is 10.7. The van der Waals surface area contributed by atoms with Crippen LogP contribution in [-0.2, 0) is 16.1 Å². The van der Waals surface area contributed by atoms with Gasteiger partial charge in [-0.25, -0.2) is 4.79 Å². The lowest BCUT2D eigenvalue weighted by molar-refractivity contribution is -0.108. The molecule has 19 heavy (non-hydrogen) atoms. The van der Waals surface area contributed by atoms with Crippen LogP contribution in [0.25, 0.3) is 0 Å². The predicted molar refractivity (Wildman–Crippen MR) is 69.4 cm³/mol. The number of rotatable bonds is 4. The topological polar surface area (TPSA) is 46.6 Å². The fourth-order valence-corrected chi connectivity index (χ4v) is 3.07. The second kappa shape index (κ2) is 5.03. The van der Waals surface area contributed by atoms with E-state index in [1.165, 1.54) is 0 Å². The number of hydrogen-bond donors (Lipinski definition) is 0. The zero-order valence-corrected chi connectivity index (χ0v) is 10.7. The monoisotopic (exact) mass is 259 g/mol. The minimum atomic E-state index is -0.235. The van der Waals surface area contributed by atoms with Gasteiger partial charge in [-0.1, -0.05) is 30.3 Å². The third kappa shape index (κ3) is 2.48. The molecule has 4 heteroatoms. The Morgan fingerprint density at radius 2 is 1.95 bits per heavy atom. The van der Waals surface area contributed by atoms with Crippen LogP contribution in [-0.4, -0.2) is 30.4 Å². The van der Waals surface area contributed by atoms with Crippen molar-refractivity contribution in [2.75, 3.05) is 13.1 Å². The van der Waals surface area contributed by atoms with Crippen LogP contribution in [0.1, 0.15) is 12.0 Å². The van der Waals surface area contributed by atoms with Crippen molar-refractivity contribution in [3.05, 3.63) is 35.9 Å². The van der Waals surface area contributed by atoms with E-state index in [-0.39, 0.29) is 6.09 Å². The Hall–Kier alpha value is -1.84. The van der Waals surface area contributed by atoms with Gasteiger partial charge < -0.3 is 14.4 Å². The summed E-state index contributed by atoms with van der Waals surface area (Å²) < 4.78 is 5.29. The van der Waals surface area contributed by atoms with Gasteiger partial charge in [0.05, 0.1) is 0 Å². The largest absolute Gasteiger partial charge is 0.445 e. The fraction of sp³-hybridized carbons (Fsp3) is 0.467. The number of likely N-dealkylation sites (tertiary alicyclic amines) is 1. The van der Waals surface area contributed by atoms with E-state index in [4.69, 9.17) is 4.74 Å². The maximum absolute atomic E-state index is 11.9. The van der Waals surface area contributed by atoms with Gasteiger partial charge in [0, 0.05) is 19.5 Å². The van der Waals surface area contributed by atoms with Crippen molar-refractivity contribution in [3.8, 4) is 0 Å². The number of carbonyl (C=O) groups excluding carboxylic acids is 2. The Kier molecular flexibility index (Phi) is 3.23. The van der Waals surface area contributed by atoms with Crippen molar-refractivity contribution in [3.63, 3.8) is 0 Å². The van der Waals surface area contributed by atoms with Crippen LogP contribution in [0.15, 0.2) is 30.3 Å². The predicted octanol–water partition coefficient (Wildman–Crippen LogP) is 2.09. The second-order valence-electron chi connectivity index (χ2n) is 5.34. The third-order valence-corrected chi connectivity index (χ3v) is 4.20. The molecule has 1 aromatic carbocycles. The SMILES string of the molecule is O=CC[C@H]1[C@H]2CN(C(=O)OCc3ccccc3)C[C@@H]12. The quantitative estimate of drug-likeness (QED) is 0.778. The van der Waals surface area contributed by atoms with Gasteiger partial charge in [0.25, 0.3) is 0 Å². The van der Waals surface area contributed by atoms with Crippen molar-refractivity contribution in [2.24, 2.45) is 17.8 Å². The average molecular weight is 259 g/mol. The Morgan fingerprint density at radius 3 is 2.58 bits per heavy atom. The molecule has 1 saturated carbocycles. The minimum Gasteiger partial charge on any atom is -0.445 e. The highest BCUT2D eigenvalue weighted by molar-refractivity contribution is 5.68. The molecule has 0 radical (unpaired) electrons. The maximum atomic E-state index is 11.9. The van der Waals surface area contributed by atoms with E-state index in [9.17, 15) is 9.59 Å². The Morgan fingerprint density at radius 1 is 1.26 bits per heavy atom. The molecule has 100 valence electrons. The molecule has 2 aliphatic rings. The average Bonchev–Trinajstić information content (AvgIpc) is 2.89. The lowest BCUT2D eigenvalue weighted by Gasteiger charge is -2.19. The Bertz CT molecular complexity index is 462. The van der Waals surface area contributed by atoms with E-state index >= 15 is 0 Å². The first-order valence-electron chi connectivity index (χ1n) is 6.69. The molecule has 1 aliphatic heterocycles. The smallest absolute Gasteiger partial charge is 0.410 e. The van der Waals surface area contributed by atoms with Crippen LogP contribution in [0.5, 0.6) is 0 Å². The van der Waals surface area contributed by atoms with E-state index in [1.807, 2.05) is 30.3 Å². The van der Waals surface area contributed by atoms with Crippen molar-refractivity contribution in [1.82, 2.24) is 4.90 Å². The Balaban J connectivity index is 1.45. The molecule has 2 fully saturated rings. The van der Waals surface area contributed by atoms with Gasteiger partial charge in [-0.3, -0.25) is 0 Å². The van der Waals surface area contributed by atoms with Crippen LogP contribution < -0.4 is 0 Å². The lowest BCUT2D eigenvalue weighted by atomic mass is 10.2. The Labute approximate surface area is 112 Å². The van der Waals surface area contributed by atoms with Gasteiger partial charge in [0.15, 0.2) is 0 Å². The second-order valence-corrected chi connectivity index (χ2v) is 5.34. The highest BCUT2D eigenvalue weighted by Gasteiger charge is 2.56. The normalized spacial score (nSPS) is 27.8. The summed E-state index contributed by atoms with van der Waals surface area (Å²) in [4.78, 5) is 24.1. The molecule has 1 aromatic rings. The van der Waals surface area contributed by atoms with Gasteiger partial charge in [-0.05, 0) is 23.3 Å². The number of fused-ring (bicyclic) bond motifs is 1. The molecule has 0 spiro atoms. The number of piperidine rings is 1. The van der Waals surface area contributed by atoms with E-state index in [0.717, 1.165) is 24.9 Å². The van der Waals surface area contributed by atoms with Crippen LogP contribution in [0.3, 0.4) is 0 Å². The third-order valence-electron chi connectivity index (χ3n) is 4.20. The number of ether oxygens (including phenoxy) is 1. The van der Waals surface area contributed by atoms with Gasteiger partial charge in [0.2, 0.25) is 0 Å². The molecule has 0 N–H and O–H groups in total. The first-order valence-corrected chi connectivity index (χ1v) is 6.69. The molecule has 1 amide bonds. The van der Waals surface area contributed by atoms with E-state index in [1.54, 1.807) is 4.90 Å². The molecule has 3 rings (SSSR count). The van der Waals surface area contributed by atoms with Gasteiger partial charge >= 0.3 is 6.09 Å². The first-order chi connectivity index (χ1) is 9.29. The van der Waals surface area contributed by atoms with Crippen molar-refractivity contribution < 1.29 is 14.3 Å². The molecule has 0 unspecified atom stereocenters. The summed E-state index contributed by atoms with van der Waals surface area (Å²) in [6.07, 6.45) is 1.39. The maximum Gasteiger partial charge on any atom is 0.410 e. The van der Waals surface area contributed by atoms with E-state index < -0.39 is 0 Å². The zero-order chi connectivity index (χ0) is 13.2. The molecule has 1 saturated heterocycles. The highest BCUT2D eigenvalue weighted by atomic mass is 16.6. The molecular weight excluding hydrogens is 242 g/mol. The van der Waals surface area contributed by atoms with Gasteiger partial charge in [0.1, 0.15) is 12.9 Å². The van der Waals surface area contributed by atoms with Gasteiger partial charge in [-0.15, -0.1) is 0 Å². The highest BCUT2D eigenvalue weighted by Crippen LogP contribution is 2.53. The molecule has 4 nitrogen and oxygen atoms in total. The van der Waals surface area contributed by atoms with Crippen molar-refractivity contribution in [1.29, 1.82) is 0 Å². The lowest BCUT2D eigenvalue weighted by Crippen LogP contribution is -2.32. The van der Waals surface area contributed by atoms with Crippen LogP contribution in [0.2, 0.25) is 0 Å². The fourth-order valence-electron chi connectivity index (χ4n) is 3.07. The molecule has 0 aromatic heterocycles. The summed E-state index contributed by atoms with van der Waals surface area (Å²) >= 11 is 0.